The molecule has 5 heteroatoms. The van der Waals surface area contributed by atoms with Gasteiger partial charge in [-0.3, -0.25) is 9.59 Å². The standard InChI is InChI=1S/C29H32N2O3/c1-4-27(32)31-16-15-23-13-14-25(18-26(23)29(31)24-12-8-9-21(2)17-24)34-20-28(33)30(3)19-22-10-6-5-7-11-22/h5-14,17-18,29H,4,15-16,19-20H2,1-3H3. The number of carbonyl (C=O) groups is 2. The van der Waals surface area contributed by atoms with E-state index in [4.69, 9.17) is 4.74 Å². The number of hydrogen-bond donors (Lipinski definition) is 0. The summed E-state index contributed by atoms with van der Waals surface area (Å²) in [5.41, 5.74) is 5.62. The number of nitrogens with zero attached hydrogens (tertiary/aromatic N) is 2. The van der Waals surface area contributed by atoms with E-state index in [2.05, 4.69) is 31.2 Å². The van der Waals surface area contributed by atoms with Crippen LogP contribution >= 0.6 is 0 Å². The van der Waals surface area contributed by atoms with Crippen LogP contribution in [0.3, 0.4) is 0 Å². The van der Waals surface area contributed by atoms with Crippen LogP contribution in [0.1, 0.15) is 47.2 Å². The summed E-state index contributed by atoms with van der Waals surface area (Å²) >= 11 is 0. The highest BCUT2D eigenvalue weighted by molar-refractivity contribution is 5.78. The number of hydrogen-bond acceptors (Lipinski definition) is 3. The average molecular weight is 457 g/mol. The lowest BCUT2D eigenvalue weighted by Crippen LogP contribution is -2.40. The zero-order valence-electron chi connectivity index (χ0n) is 20.2. The van der Waals surface area contributed by atoms with E-state index >= 15 is 0 Å². The van der Waals surface area contributed by atoms with Crippen molar-refractivity contribution in [3.8, 4) is 5.75 Å². The van der Waals surface area contributed by atoms with Crippen molar-refractivity contribution in [1.82, 2.24) is 9.80 Å². The fourth-order valence-corrected chi connectivity index (χ4v) is 4.56. The van der Waals surface area contributed by atoms with Crippen molar-refractivity contribution >= 4 is 11.8 Å². The molecule has 34 heavy (non-hydrogen) atoms. The Labute approximate surface area is 202 Å². The fraction of sp³-hybridized carbons (Fsp3) is 0.310. The first-order chi connectivity index (χ1) is 16.5. The summed E-state index contributed by atoms with van der Waals surface area (Å²) in [6.45, 7) is 5.17. The van der Waals surface area contributed by atoms with E-state index in [9.17, 15) is 9.59 Å². The largest absolute Gasteiger partial charge is 0.484 e. The zero-order valence-corrected chi connectivity index (χ0v) is 20.2. The molecule has 0 saturated heterocycles. The van der Waals surface area contributed by atoms with Gasteiger partial charge in [0.2, 0.25) is 5.91 Å². The number of carbonyl (C=O) groups excluding carboxylic acids is 2. The topological polar surface area (TPSA) is 49.9 Å². The van der Waals surface area contributed by atoms with E-state index in [1.807, 2.05) is 60.4 Å². The Hall–Kier alpha value is -3.60. The molecular weight excluding hydrogens is 424 g/mol. The summed E-state index contributed by atoms with van der Waals surface area (Å²) in [4.78, 5) is 29.1. The van der Waals surface area contributed by atoms with Gasteiger partial charge in [0.1, 0.15) is 5.75 Å². The van der Waals surface area contributed by atoms with Crippen LogP contribution in [0.15, 0.2) is 72.8 Å². The highest BCUT2D eigenvalue weighted by atomic mass is 16.5. The first-order valence-corrected chi connectivity index (χ1v) is 11.9. The second kappa shape index (κ2) is 10.6. The van der Waals surface area contributed by atoms with Crippen LogP contribution < -0.4 is 4.74 Å². The summed E-state index contributed by atoms with van der Waals surface area (Å²) in [6.07, 6.45) is 1.28. The van der Waals surface area contributed by atoms with Gasteiger partial charge in [-0.2, -0.15) is 0 Å². The molecule has 0 aromatic heterocycles. The summed E-state index contributed by atoms with van der Waals surface area (Å²) in [5.74, 6) is 0.699. The molecule has 3 aromatic carbocycles. The van der Waals surface area contributed by atoms with Crippen LogP contribution in [-0.2, 0) is 22.6 Å². The van der Waals surface area contributed by atoms with E-state index < -0.39 is 0 Å². The molecule has 0 N–H and O–H groups in total. The number of aryl methyl sites for hydroxylation is 1. The molecule has 1 unspecified atom stereocenters. The summed E-state index contributed by atoms with van der Waals surface area (Å²) in [5, 5.41) is 0. The molecule has 176 valence electrons. The Morgan fingerprint density at radius 2 is 1.82 bits per heavy atom. The molecule has 2 amide bonds. The van der Waals surface area contributed by atoms with Crippen LogP contribution in [0.5, 0.6) is 5.75 Å². The van der Waals surface area contributed by atoms with Crippen LogP contribution in [-0.4, -0.2) is 41.8 Å². The number of amides is 2. The third-order valence-corrected chi connectivity index (χ3v) is 6.38. The van der Waals surface area contributed by atoms with Gasteiger partial charge in [0, 0.05) is 26.6 Å². The summed E-state index contributed by atoms with van der Waals surface area (Å²) < 4.78 is 5.93. The monoisotopic (exact) mass is 456 g/mol. The van der Waals surface area contributed by atoms with E-state index in [0.717, 1.165) is 28.7 Å². The van der Waals surface area contributed by atoms with E-state index in [1.54, 1.807) is 11.9 Å². The third kappa shape index (κ3) is 5.30. The van der Waals surface area contributed by atoms with Gasteiger partial charge in [-0.25, -0.2) is 0 Å². The van der Waals surface area contributed by atoms with Crippen molar-refractivity contribution < 1.29 is 14.3 Å². The molecule has 5 nitrogen and oxygen atoms in total. The number of ether oxygens (including phenoxy) is 1. The molecular formula is C29H32N2O3. The highest BCUT2D eigenvalue weighted by Crippen LogP contribution is 2.37. The smallest absolute Gasteiger partial charge is 0.260 e. The molecule has 4 rings (SSSR count). The van der Waals surface area contributed by atoms with Gasteiger partial charge < -0.3 is 14.5 Å². The molecule has 1 aliphatic heterocycles. The van der Waals surface area contributed by atoms with E-state index in [-0.39, 0.29) is 24.5 Å². The summed E-state index contributed by atoms with van der Waals surface area (Å²) in [7, 11) is 1.79. The van der Waals surface area contributed by atoms with Crippen LogP contribution in [0.4, 0.5) is 0 Å². The Morgan fingerprint density at radius 1 is 1.03 bits per heavy atom. The van der Waals surface area contributed by atoms with Gasteiger partial charge in [-0.1, -0.05) is 73.2 Å². The minimum Gasteiger partial charge on any atom is -0.484 e. The molecule has 0 fully saturated rings. The van der Waals surface area contributed by atoms with E-state index in [0.29, 0.717) is 25.3 Å². The molecule has 1 aliphatic rings. The van der Waals surface area contributed by atoms with Gasteiger partial charge in [0.25, 0.3) is 5.91 Å². The molecule has 3 aromatic rings. The van der Waals surface area contributed by atoms with Crippen LogP contribution in [0, 0.1) is 6.92 Å². The lowest BCUT2D eigenvalue weighted by Gasteiger charge is -2.38. The fourth-order valence-electron chi connectivity index (χ4n) is 4.56. The zero-order chi connectivity index (χ0) is 24.1. The number of fused-ring (bicyclic) bond motifs is 1. The van der Waals surface area contributed by atoms with Gasteiger partial charge in [0.05, 0.1) is 6.04 Å². The SMILES string of the molecule is CCC(=O)N1CCc2ccc(OCC(=O)N(C)Cc3ccccc3)cc2C1c1cccc(C)c1. The maximum Gasteiger partial charge on any atom is 0.260 e. The molecule has 1 heterocycles. The van der Waals surface area contributed by atoms with Crippen molar-refractivity contribution in [3.63, 3.8) is 0 Å². The van der Waals surface area contributed by atoms with Gasteiger partial charge in [0.15, 0.2) is 6.61 Å². The number of benzene rings is 3. The minimum atomic E-state index is -0.156. The van der Waals surface area contributed by atoms with E-state index in [1.165, 1.54) is 5.56 Å². The van der Waals surface area contributed by atoms with Crippen molar-refractivity contribution in [1.29, 1.82) is 0 Å². The predicted molar refractivity (Wildman–Crippen MR) is 134 cm³/mol. The van der Waals surface area contributed by atoms with Gasteiger partial charge >= 0.3 is 0 Å². The molecule has 1 atom stereocenters. The molecule has 0 bridgehead atoms. The Kier molecular flexibility index (Phi) is 7.31. The third-order valence-electron chi connectivity index (χ3n) is 6.38. The van der Waals surface area contributed by atoms with Gasteiger partial charge in [-0.05, 0) is 47.7 Å². The van der Waals surface area contributed by atoms with Crippen molar-refractivity contribution in [2.75, 3.05) is 20.2 Å². The molecule has 0 radical (unpaired) electrons. The van der Waals surface area contributed by atoms with Crippen molar-refractivity contribution in [2.45, 2.75) is 39.3 Å². The minimum absolute atomic E-state index is 0.0329. The second-order valence-electron chi connectivity index (χ2n) is 8.89. The van der Waals surface area contributed by atoms with Crippen LogP contribution in [0.2, 0.25) is 0 Å². The predicted octanol–water partition coefficient (Wildman–Crippen LogP) is 4.92. The van der Waals surface area contributed by atoms with Crippen LogP contribution in [0.25, 0.3) is 0 Å². The quantitative estimate of drug-likeness (QED) is 0.507. The first-order valence-electron chi connectivity index (χ1n) is 11.9. The normalized spacial score (nSPS) is 14.9. The van der Waals surface area contributed by atoms with Gasteiger partial charge in [-0.15, -0.1) is 0 Å². The Morgan fingerprint density at radius 3 is 2.56 bits per heavy atom. The number of rotatable bonds is 7. The Balaban J connectivity index is 1.54. The molecule has 0 saturated carbocycles. The first kappa shape index (κ1) is 23.6. The van der Waals surface area contributed by atoms with Crippen molar-refractivity contribution in [3.05, 3.63) is 101 Å². The lowest BCUT2D eigenvalue weighted by atomic mass is 9.87. The number of likely N-dealkylation sites (N-methyl/N-ethyl adjacent to an activating group) is 1. The Bertz CT molecular complexity index is 1160. The second-order valence-corrected chi connectivity index (χ2v) is 8.89. The summed E-state index contributed by atoms with van der Waals surface area (Å²) in [6, 6.07) is 24.1. The highest BCUT2D eigenvalue weighted by Gasteiger charge is 2.31. The molecule has 0 spiro atoms. The average Bonchev–Trinajstić information content (AvgIpc) is 2.86. The maximum absolute atomic E-state index is 12.8. The lowest BCUT2D eigenvalue weighted by molar-refractivity contribution is -0.133. The molecule has 0 aliphatic carbocycles. The maximum atomic E-state index is 12.8. The van der Waals surface area contributed by atoms with Crippen molar-refractivity contribution in [2.24, 2.45) is 0 Å².